The molecule has 1 nitrogen and oxygen atoms in total. The molecule has 0 aliphatic heterocycles. The van der Waals surface area contributed by atoms with Gasteiger partial charge in [0.05, 0.1) is 0 Å². The molecule has 0 bridgehead atoms. The van der Waals surface area contributed by atoms with Crippen molar-refractivity contribution in [2.45, 2.75) is 45.4 Å². The average molecular weight is 161 g/mol. The van der Waals surface area contributed by atoms with Crippen molar-refractivity contribution in [3.05, 3.63) is 0 Å². The molecule has 1 unspecified atom stereocenters. The molecule has 10 heavy (non-hydrogen) atoms. The van der Waals surface area contributed by atoms with Gasteiger partial charge < -0.3 is 5.50 Å². The summed E-state index contributed by atoms with van der Waals surface area (Å²) in [6.45, 7) is 2.25. The Morgan fingerprint density at radius 2 is 1.60 bits per heavy atom. The Balaban J connectivity index is 2.65. The highest BCUT2D eigenvalue weighted by Gasteiger charge is 1.87. The fraction of sp³-hybridized carbons (Fsp3) is 1.00. The Kier molecular flexibility index (Phi) is 9.76. The van der Waals surface area contributed by atoms with E-state index in [2.05, 4.69) is 6.92 Å². The van der Waals surface area contributed by atoms with Crippen molar-refractivity contribution in [2.24, 2.45) is 5.50 Å². The molecule has 0 saturated heterocycles. The van der Waals surface area contributed by atoms with Crippen molar-refractivity contribution in [3.63, 3.8) is 0 Å². The van der Waals surface area contributed by atoms with Gasteiger partial charge in [-0.3, -0.25) is 0 Å². The summed E-state index contributed by atoms with van der Waals surface area (Å²) in [5.74, 6) is 0. The lowest BCUT2D eigenvalue weighted by Gasteiger charge is -1.97. The van der Waals surface area contributed by atoms with E-state index >= 15 is 0 Å². The fourth-order valence-corrected chi connectivity index (χ4v) is 1.46. The van der Waals surface area contributed by atoms with Crippen molar-refractivity contribution >= 4 is 8.73 Å². The molecular formula is C8H20NP. The van der Waals surface area contributed by atoms with Crippen LogP contribution in [-0.2, 0) is 0 Å². The topological polar surface area (TPSA) is 26.0 Å². The predicted octanol–water partition coefficient (Wildman–Crippen LogP) is 2.90. The molecule has 0 fully saturated rings. The third-order valence-electron chi connectivity index (χ3n) is 1.67. The molecule has 0 heterocycles. The highest BCUT2D eigenvalue weighted by atomic mass is 31.1. The van der Waals surface area contributed by atoms with E-state index < -0.39 is 0 Å². The van der Waals surface area contributed by atoms with E-state index in [-0.39, 0.29) is 0 Å². The van der Waals surface area contributed by atoms with E-state index in [1.54, 1.807) is 0 Å². The minimum Gasteiger partial charge on any atom is -0.312 e. The van der Waals surface area contributed by atoms with Crippen LogP contribution in [0.15, 0.2) is 0 Å². The highest BCUT2D eigenvalue weighted by Crippen LogP contribution is 2.08. The second-order valence-corrected chi connectivity index (χ2v) is 3.63. The van der Waals surface area contributed by atoms with Gasteiger partial charge in [-0.25, -0.2) is 0 Å². The van der Waals surface area contributed by atoms with Crippen LogP contribution in [0.2, 0.25) is 0 Å². The molecule has 0 aliphatic carbocycles. The van der Waals surface area contributed by atoms with Crippen LogP contribution in [-0.4, -0.2) is 6.16 Å². The lowest BCUT2D eigenvalue weighted by molar-refractivity contribution is 0.626. The van der Waals surface area contributed by atoms with Crippen LogP contribution in [0.3, 0.4) is 0 Å². The third-order valence-corrected chi connectivity index (χ3v) is 2.32. The van der Waals surface area contributed by atoms with Gasteiger partial charge in [-0.2, -0.15) is 0 Å². The Morgan fingerprint density at radius 3 is 2.20 bits per heavy atom. The molecule has 0 rings (SSSR count). The summed E-state index contributed by atoms with van der Waals surface area (Å²) in [5.41, 5.74) is 5.40. The van der Waals surface area contributed by atoms with Crippen LogP contribution in [0, 0.1) is 0 Å². The van der Waals surface area contributed by atoms with Gasteiger partial charge >= 0.3 is 0 Å². The van der Waals surface area contributed by atoms with Crippen LogP contribution in [0.1, 0.15) is 45.4 Å². The molecule has 0 aromatic carbocycles. The molecular weight excluding hydrogens is 141 g/mol. The lowest BCUT2D eigenvalue weighted by Crippen LogP contribution is -1.83. The summed E-state index contributed by atoms with van der Waals surface area (Å²) in [7, 11) is 0.670. The Morgan fingerprint density at radius 1 is 1.00 bits per heavy atom. The molecule has 0 spiro atoms. The molecule has 62 valence electrons. The second kappa shape index (κ2) is 9.39. The van der Waals surface area contributed by atoms with Gasteiger partial charge in [-0.15, -0.1) is 0 Å². The van der Waals surface area contributed by atoms with Crippen molar-refractivity contribution in [1.82, 2.24) is 0 Å². The summed E-state index contributed by atoms with van der Waals surface area (Å²) < 4.78 is 0. The largest absolute Gasteiger partial charge is 0.312 e. The van der Waals surface area contributed by atoms with Crippen LogP contribution in [0.25, 0.3) is 0 Å². The van der Waals surface area contributed by atoms with Gasteiger partial charge in [0.1, 0.15) is 0 Å². The molecule has 0 aromatic rings. The van der Waals surface area contributed by atoms with Crippen LogP contribution >= 0.6 is 8.73 Å². The predicted molar refractivity (Wildman–Crippen MR) is 50.7 cm³/mol. The monoisotopic (exact) mass is 161 g/mol. The standard InChI is InChI=1S/C8H20NP/c1-2-3-4-5-6-7-8-10-9/h10H,2-9H2,1H3. The maximum atomic E-state index is 5.40. The first kappa shape index (κ1) is 10.4. The van der Waals surface area contributed by atoms with E-state index in [1.165, 1.54) is 44.7 Å². The number of rotatable bonds is 7. The van der Waals surface area contributed by atoms with Crippen molar-refractivity contribution in [1.29, 1.82) is 0 Å². The van der Waals surface area contributed by atoms with Gasteiger partial charge in [-0.1, -0.05) is 47.8 Å². The minimum absolute atomic E-state index is 0.670. The molecule has 0 saturated carbocycles. The molecule has 0 amide bonds. The van der Waals surface area contributed by atoms with E-state index in [0.29, 0.717) is 8.73 Å². The zero-order valence-electron chi connectivity index (χ0n) is 7.03. The summed E-state index contributed by atoms with van der Waals surface area (Å²) in [6, 6.07) is 0. The molecule has 0 aromatic heterocycles. The smallest absolute Gasteiger partial charge is 0.0224 e. The SMILES string of the molecule is CCCCCCCCPN. The van der Waals surface area contributed by atoms with Crippen molar-refractivity contribution in [3.8, 4) is 0 Å². The van der Waals surface area contributed by atoms with Crippen molar-refractivity contribution in [2.75, 3.05) is 6.16 Å². The van der Waals surface area contributed by atoms with E-state index in [1.807, 2.05) is 0 Å². The molecule has 1 atom stereocenters. The first-order chi connectivity index (χ1) is 4.91. The van der Waals surface area contributed by atoms with Crippen molar-refractivity contribution < 1.29 is 0 Å². The van der Waals surface area contributed by atoms with Crippen LogP contribution in [0.5, 0.6) is 0 Å². The van der Waals surface area contributed by atoms with Gasteiger partial charge in [0, 0.05) is 0 Å². The first-order valence-corrected chi connectivity index (χ1v) is 5.63. The Hall–Kier alpha value is 0.390. The molecule has 2 N–H and O–H groups in total. The summed E-state index contributed by atoms with van der Waals surface area (Å²) in [5, 5.41) is 0. The molecule has 2 heteroatoms. The first-order valence-electron chi connectivity index (χ1n) is 4.35. The number of unbranched alkanes of at least 4 members (excludes halogenated alkanes) is 5. The molecule has 0 aliphatic rings. The highest BCUT2D eigenvalue weighted by molar-refractivity contribution is 7.35. The number of hydrogen-bond donors (Lipinski definition) is 1. The van der Waals surface area contributed by atoms with E-state index in [4.69, 9.17) is 5.50 Å². The van der Waals surface area contributed by atoms with Gasteiger partial charge in [0.25, 0.3) is 0 Å². The third kappa shape index (κ3) is 8.39. The molecule has 0 radical (unpaired) electrons. The summed E-state index contributed by atoms with van der Waals surface area (Å²) >= 11 is 0. The zero-order valence-corrected chi connectivity index (χ0v) is 8.03. The van der Waals surface area contributed by atoms with Gasteiger partial charge in [0.15, 0.2) is 0 Å². The quantitative estimate of drug-likeness (QED) is 0.451. The van der Waals surface area contributed by atoms with Crippen LogP contribution in [0.4, 0.5) is 0 Å². The Labute approximate surface area is 66.6 Å². The van der Waals surface area contributed by atoms with Crippen LogP contribution < -0.4 is 5.50 Å². The van der Waals surface area contributed by atoms with E-state index in [9.17, 15) is 0 Å². The summed E-state index contributed by atoms with van der Waals surface area (Å²) in [6.07, 6.45) is 9.57. The zero-order chi connectivity index (χ0) is 7.66. The van der Waals surface area contributed by atoms with Gasteiger partial charge in [-0.05, 0) is 12.6 Å². The maximum Gasteiger partial charge on any atom is -0.0224 e. The Bertz CT molecular complexity index is 49.2. The fourth-order valence-electron chi connectivity index (χ4n) is 1.01. The lowest BCUT2D eigenvalue weighted by atomic mass is 10.1. The van der Waals surface area contributed by atoms with Gasteiger partial charge in [0.2, 0.25) is 0 Å². The normalized spacial score (nSPS) is 11.4. The average Bonchev–Trinajstić information content (AvgIpc) is 1.97. The second-order valence-electron chi connectivity index (χ2n) is 2.72. The van der Waals surface area contributed by atoms with E-state index in [0.717, 1.165) is 0 Å². The minimum atomic E-state index is 0.670. The maximum absolute atomic E-state index is 5.40. The summed E-state index contributed by atoms with van der Waals surface area (Å²) in [4.78, 5) is 0. The number of hydrogen-bond acceptors (Lipinski definition) is 1. The number of nitrogens with two attached hydrogens (primary N) is 1.